The molecule has 1 rings (SSSR count). The number of carbonyl (C=O) groups is 2. The van der Waals surface area contributed by atoms with Crippen molar-refractivity contribution in [3.05, 3.63) is 34.1 Å². The van der Waals surface area contributed by atoms with Crippen LogP contribution in [-0.4, -0.2) is 29.4 Å². The minimum atomic E-state index is -1.17. The molecule has 0 aliphatic rings. The Kier molecular flexibility index (Phi) is 4.00. The van der Waals surface area contributed by atoms with E-state index in [1.165, 1.54) is 19.2 Å². The van der Waals surface area contributed by atoms with Crippen LogP contribution >= 0.6 is 15.9 Å². The highest BCUT2D eigenvalue weighted by Crippen LogP contribution is 2.24. The van der Waals surface area contributed by atoms with Crippen molar-refractivity contribution >= 4 is 28.3 Å². The summed E-state index contributed by atoms with van der Waals surface area (Å²) in [6.45, 7) is 0. The van der Waals surface area contributed by atoms with Crippen LogP contribution in [0, 0.1) is 5.82 Å². The number of rotatable bonds is 4. The third kappa shape index (κ3) is 2.57. The Hall–Kier alpha value is -1.43. The molecule has 0 radical (unpaired) electrons. The molecule has 1 aromatic carbocycles. The Balaban J connectivity index is 3.16. The van der Waals surface area contributed by atoms with E-state index in [2.05, 4.69) is 15.9 Å². The molecular weight excluding hydrogens is 281 g/mol. The number of carboxylic acids is 1. The number of carboxylic acid groups (broad SMARTS) is 1. The van der Waals surface area contributed by atoms with Gasteiger partial charge in [-0.25, -0.2) is 9.18 Å². The first-order chi connectivity index (χ1) is 7.47. The first-order valence-corrected chi connectivity index (χ1v) is 5.11. The van der Waals surface area contributed by atoms with E-state index in [4.69, 9.17) is 5.11 Å². The summed E-state index contributed by atoms with van der Waals surface area (Å²) in [5.74, 6) is -1.66. The molecule has 0 saturated heterocycles. The van der Waals surface area contributed by atoms with Gasteiger partial charge in [0.15, 0.2) is 6.04 Å². The number of likely N-dealkylation sites (N-methyl/N-ethyl adjacent to an activating group) is 1. The normalized spacial score (nSPS) is 11.9. The van der Waals surface area contributed by atoms with Crippen LogP contribution in [0.4, 0.5) is 4.39 Å². The lowest BCUT2D eigenvalue weighted by Gasteiger charge is -2.20. The third-order valence-corrected chi connectivity index (χ3v) is 2.67. The topological polar surface area (TPSA) is 57.6 Å². The second kappa shape index (κ2) is 5.07. The maximum atomic E-state index is 13.0. The van der Waals surface area contributed by atoms with Crippen LogP contribution in [-0.2, 0) is 9.59 Å². The molecule has 86 valence electrons. The largest absolute Gasteiger partial charge is 0.479 e. The zero-order valence-corrected chi connectivity index (χ0v) is 9.94. The highest BCUT2D eigenvalue weighted by molar-refractivity contribution is 9.10. The first-order valence-electron chi connectivity index (χ1n) is 4.32. The van der Waals surface area contributed by atoms with Gasteiger partial charge in [0.2, 0.25) is 6.41 Å². The standard InChI is InChI=1S/C10H9BrFNO3/c1-13(5-14)9(10(15)16)6-2-3-8(12)7(11)4-6/h2-5,9H,1H3,(H,15,16). The molecule has 0 aliphatic carbocycles. The predicted octanol–water partition coefficient (Wildman–Crippen LogP) is 1.80. The summed E-state index contributed by atoms with van der Waals surface area (Å²) in [6, 6.07) is 2.70. The van der Waals surface area contributed by atoms with Gasteiger partial charge in [-0.05, 0) is 33.6 Å². The van der Waals surface area contributed by atoms with Gasteiger partial charge in [0, 0.05) is 7.05 Å². The van der Waals surface area contributed by atoms with E-state index < -0.39 is 17.8 Å². The van der Waals surface area contributed by atoms with E-state index in [0.717, 1.165) is 11.0 Å². The van der Waals surface area contributed by atoms with E-state index in [-0.39, 0.29) is 4.47 Å². The molecule has 1 atom stereocenters. The maximum Gasteiger partial charge on any atom is 0.331 e. The van der Waals surface area contributed by atoms with Gasteiger partial charge in [-0.3, -0.25) is 4.79 Å². The fraction of sp³-hybridized carbons (Fsp3) is 0.200. The van der Waals surface area contributed by atoms with Crippen LogP contribution in [0.15, 0.2) is 22.7 Å². The van der Waals surface area contributed by atoms with Crippen molar-refractivity contribution in [1.82, 2.24) is 4.90 Å². The average Bonchev–Trinajstić information content (AvgIpc) is 2.22. The number of hydrogen-bond acceptors (Lipinski definition) is 2. The maximum absolute atomic E-state index is 13.0. The first kappa shape index (κ1) is 12.6. The number of benzene rings is 1. The van der Waals surface area contributed by atoms with Gasteiger partial charge in [0.05, 0.1) is 4.47 Å². The summed E-state index contributed by atoms with van der Waals surface area (Å²) in [7, 11) is 1.35. The van der Waals surface area contributed by atoms with E-state index in [1.807, 2.05) is 0 Å². The molecule has 1 unspecified atom stereocenters. The molecule has 1 aromatic rings. The molecule has 0 aromatic heterocycles. The lowest BCUT2D eigenvalue weighted by Crippen LogP contribution is -2.29. The Labute approximate surface area is 99.8 Å². The lowest BCUT2D eigenvalue weighted by atomic mass is 10.1. The van der Waals surface area contributed by atoms with Crippen LogP contribution in [0.2, 0.25) is 0 Å². The van der Waals surface area contributed by atoms with Gasteiger partial charge in [-0.2, -0.15) is 0 Å². The van der Waals surface area contributed by atoms with Crippen LogP contribution in [0.25, 0.3) is 0 Å². The minimum Gasteiger partial charge on any atom is -0.479 e. The van der Waals surface area contributed by atoms with E-state index in [1.54, 1.807) is 0 Å². The van der Waals surface area contributed by atoms with E-state index in [9.17, 15) is 14.0 Å². The third-order valence-electron chi connectivity index (χ3n) is 2.07. The molecule has 1 N–H and O–H groups in total. The zero-order chi connectivity index (χ0) is 12.3. The van der Waals surface area contributed by atoms with Crippen LogP contribution < -0.4 is 0 Å². The second-order valence-electron chi connectivity index (χ2n) is 3.19. The molecule has 4 nitrogen and oxygen atoms in total. The smallest absolute Gasteiger partial charge is 0.331 e. The summed E-state index contributed by atoms with van der Waals surface area (Å²) in [4.78, 5) is 22.5. The molecule has 6 heteroatoms. The van der Waals surface area contributed by atoms with Crippen LogP contribution in [0.3, 0.4) is 0 Å². The number of nitrogens with zero attached hydrogens (tertiary/aromatic N) is 1. The highest BCUT2D eigenvalue weighted by Gasteiger charge is 2.24. The molecule has 0 fully saturated rings. The summed E-state index contributed by atoms with van der Waals surface area (Å²) in [6.07, 6.45) is 0.413. The second-order valence-corrected chi connectivity index (χ2v) is 4.04. The SMILES string of the molecule is CN(C=O)C(C(=O)O)c1ccc(F)c(Br)c1. The monoisotopic (exact) mass is 289 g/mol. The molecule has 0 spiro atoms. The summed E-state index contributed by atoms with van der Waals surface area (Å²) < 4.78 is 13.1. The van der Waals surface area contributed by atoms with Crippen molar-refractivity contribution in [2.45, 2.75) is 6.04 Å². The number of carbonyl (C=O) groups excluding carboxylic acids is 1. The molecule has 0 saturated carbocycles. The quantitative estimate of drug-likeness (QED) is 0.860. The Morgan fingerprint density at radius 2 is 2.25 bits per heavy atom. The van der Waals surface area contributed by atoms with Crippen molar-refractivity contribution in [3.8, 4) is 0 Å². The predicted molar refractivity (Wildman–Crippen MR) is 58.3 cm³/mol. The number of hydrogen-bond donors (Lipinski definition) is 1. The van der Waals surface area contributed by atoms with Gasteiger partial charge in [0.1, 0.15) is 5.82 Å². The molecular formula is C10H9BrFNO3. The van der Waals surface area contributed by atoms with E-state index in [0.29, 0.717) is 12.0 Å². The molecule has 0 bridgehead atoms. The fourth-order valence-electron chi connectivity index (χ4n) is 1.30. The van der Waals surface area contributed by atoms with Crippen LogP contribution in [0.5, 0.6) is 0 Å². The Morgan fingerprint density at radius 1 is 1.62 bits per heavy atom. The fourth-order valence-corrected chi connectivity index (χ4v) is 1.69. The van der Waals surface area contributed by atoms with Crippen molar-refractivity contribution in [2.75, 3.05) is 7.05 Å². The number of halogens is 2. The lowest BCUT2D eigenvalue weighted by molar-refractivity contribution is -0.145. The van der Waals surface area contributed by atoms with Crippen molar-refractivity contribution in [2.24, 2.45) is 0 Å². The van der Waals surface area contributed by atoms with Gasteiger partial charge >= 0.3 is 5.97 Å². The Bertz CT molecular complexity index is 425. The molecule has 0 aliphatic heterocycles. The average molecular weight is 290 g/mol. The van der Waals surface area contributed by atoms with Gasteiger partial charge in [0.25, 0.3) is 0 Å². The van der Waals surface area contributed by atoms with Crippen molar-refractivity contribution in [1.29, 1.82) is 0 Å². The summed E-state index contributed by atoms with van der Waals surface area (Å²) in [5, 5.41) is 8.98. The van der Waals surface area contributed by atoms with Gasteiger partial charge in [-0.1, -0.05) is 6.07 Å². The number of amides is 1. The minimum absolute atomic E-state index is 0.163. The van der Waals surface area contributed by atoms with Crippen molar-refractivity contribution < 1.29 is 19.1 Å². The van der Waals surface area contributed by atoms with Crippen molar-refractivity contribution in [3.63, 3.8) is 0 Å². The summed E-state index contributed by atoms with van der Waals surface area (Å²) >= 11 is 2.96. The molecule has 0 heterocycles. The van der Waals surface area contributed by atoms with E-state index >= 15 is 0 Å². The zero-order valence-electron chi connectivity index (χ0n) is 8.35. The van der Waals surface area contributed by atoms with Crippen LogP contribution in [0.1, 0.15) is 11.6 Å². The number of aliphatic carboxylic acids is 1. The van der Waals surface area contributed by atoms with Gasteiger partial charge < -0.3 is 10.0 Å². The van der Waals surface area contributed by atoms with Gasteiger partial charge in [-0.15, -0.1) is 0 Å². The molecule has 16 heavy (non-hydrogen) atoms. The Morgan fingerprint density at radius 3 is 2.69 bits per heavy atom. The summed E-state index contributed by atoms with van der Waals surface area (Å²) in [5.41, 5.74) is 0.329. The highest BCUT2D eigenvalue weighted by atomic mass is 79.9. The molecule has 1 amide bonds.